The number of hydrogen-bond acceptors (Lipinski definition) is 6. The Morgan fingerprint density at radius 1 is 0.318 bits per heavy atom. The summed E-state index contributed by atoms with van der Waals surface area (Å²) in [6.45, 7) is 6.28. The van der Waals surface area contributed by atoms with Gasteiger partial charge in [-0.15, -0.1) is 0 Å². The summed E-state index contributed by atoms with van der Waals surface area (Å²) in [5, 5.41) is 0. The summed E-state index contributed by atoms with van der Waals surface area (Å²) in [6, 6.07) is 0. The number of carbonyl (C=O) groups is 3. The van der Waals surface area contributed by atoms with E-state index < -0.39 is 6.10 Å². The molecule has 0 rings (SSSR count). The second-order valence-corrected chi connectivity index (χ2v) is 16.7. The van der Waals surface area contributed by atoms with E-state index in [1.807, 2.05) is 12.2 Å². The second-order valence-electron chi connectivity index (χ2n) is 16.7. The van der Waals surface area contributed by atoms with Gasteiger partial charge < -0.3 is 14.2 Å². The van der Waals surface area contributed by atoms with Crippen LogP contribution < -0.4 is 0 Å². The lowest BCUT2D eigenvalue weighted by atomic mass is 10.1. The van der Waals surface area contributed by atoms with E-state index in [-0.39, 0.29) is 44.0 Å². The normalized spacial score (nSPS) is 13.2. The Balaban J connectivity index is 4.55. The van der Waals surface area contributed by atoms with Crippen molar-refractivity contribution in [2.45, 2.75) is 213 Å². The van der Waals surface area contributed by atoms with E-state index in [0.29, 0.717) is 19.3 Å². The standard InChI is InChI=1S/C60H94O6/c1-4-7-10-13-16-19-22-24-26-28-30-32-34-36-38-41-44-47-50-53-59(62)65-56-57(55-64-58(61)52-49-46-43-40-21-18-15-12-9-6-3)66-60(63)54-51-48-45-42-39-37-35-33-31-29-27-25-23-20-17-14-11-8-5-2/h7-8,10-11,16-17,19-20,24-27,30-33,36-39,44,47,57H,4-6,9,12-15,18,21-23,28-29,34-35,40-43,45-46,48-56H2,1-3H3/b10-7-,11-8-,19-16-,20-17-,26-24-,27-25-,32-30-,33-31-,38-36-,39-37-,47-44-. The van der Waals surface area contributed by atoms with Crippen molar-refractivity contribution in [3.8, 4) is 0 Å². The fourth-order valence-corrected chi connectivity index (χ4v) is 6.55. The van der Waals surface area contributed by atoms with Gasteiger partial charge in [0, 0.05) is 19.3 Å². The van der Waals surface area contributed by atoms with Crippen LogP contribution >= 0.6 is 0 Å². The zero-order chi connectivity index (χ0) is 47.9. The van der Waals surface area contributed by atoms with E-state index in [1.165, 1.54) is 44.9 Å². The SMILES string of the molecule is CC/C=C\C/C=C\C/C=C\C/C=C\C/C=C\C/C=C\CCC(=O)OCC(COC(=O)CCCCCCCCCCCC)OC(=O)CCCCC/C=C\C/C=C\C/C=C\C/C=C\C/C=C\CC. The lowest BCUT2D eigenvalue weighted by molar-refractivity contribution is -0.166. The highest BCUT2D eigenvalue weighted by molar-refractivity contribution is 5.71. The minimum atomic E-state index is -0.828. The molecule has 0 N–H and O–H groups in total. The van der Waals surface area contributed by atoms with E-state index in [9.17, 15) is 14.4 Å². The maximum atomic E-state index is 12.8. The summed E-state index contributed by atoms with van der Waals surface area (Å²) in [4.78, 5) is 37.9. The third kappa shape index (κ3) is 50.5. The van der Waals surface area contributed by atoms with Gasteiger partial charge in [-0.3, -0.25) is 14.4 Å². The molecule has 6 heteroatoms. The van der Waals surface area contributed by atoms with Gasteiger partial charge in [0.2, 0.25) is 0 Å². The van der Waals surface area contributed by atoms with Crippen LogP contribution in [0.3, 0.4) is 0 Å². The third-order valence-corrected chi connectivity index (χ3v) is 10.4. The summed E-state index contributed by atoms with van der Waals surface area (Å²) in [5.74, 6) is -1.05. The smallest absolute Gasteiger partial charge is 0.306 e. The fraction of sp³-hybridized carbons (Fsp3) is 0.583. The van der Waals surface area contributed by atoms with E-state index in [1.54, 1.807) is 0 Å². The maximum Gasteiger partial charge on any atom is 0.306 e. The van der Waals surface area contributed by atoms with E-state index in [0.717, 1.165) is 109 Å². The second kappa shape index (κ2) is 53.2. The molecule has 370 valence electrons. The van der Waals surface area contributed by atoms with E-state index in [4.69, 9.17) is 14.2 Å². The van der Waals surface area contributed by atoms with Crippen LogP contribution in [0.15, 0.2) is 134 Å². The Morgan fingerprint density at radius 3 is 1.02 bits per heavy atom. The van der Waals surface area contributed by atoms with Crippen molar-refractivity contribution in [1.29, 1.82) is 0 Å². The fourth-order valence-electron chi connectivity index (χ4n) is 6.55. The number of carbonyl (C=O) groups excluding carboxylic acids is 3. The maximum absolute atomic E-state index is 12.8. The van der Waals surface area contributed by atoms with Crippen molar-refractivity contribution in [2.75, 3.05) is 13.2 Å². The molecule has 0 aromatic heterocycles. The summed E-state index contributed by atoms with van der Waals surface area (Å²) >= 11 is 0. The summed E-state index contributed by atoms with van der Waals surface area (Å²) in [7, 11) is 0. The highest BCUT2D eigenvalue weighted by Gasteiger charge is 2.19. The molecule has 1 unspecified atom stereocenters. The number of hydrogen-bond donors (Lipinski definition) is 0. The highest BCUT2D eigenvalue weighted by atomic mass is 16.6. The molecule has 0 saturated heterocycles. The van der Waals surface area contributed by atoms with Crippen LogP contribution in [0.2, 0.25) is 0 Å². The first-order valence-corrected chi connectivity index (χ1v) is 26.2. The van der Waals surface area contributed by atoms with Crippen LogP contribution in [-0.2, 0) is 28.6 Å². The summed E-state index contributed by atoms with van der Waals surface area (Å²) in [5.41, 5.74) is 0. The van der Waals surface area contributed by atoms with Crippen molar-refractivity contribution in [1.82, 2.24) is 0 Å². The van der Waals surface area contributed by atoms with Crippen LogP contribution in [-0.4, -0.2) is 37.2 Å². The average molecular weight is 911 g/mol. The van der Waals surface area contributed by atoms with E-state index in [2.05, 4.69) is 142 Å². The minimum absolute atomic E-state index is 0.118. The zero-order valence-corrected chi connectivity index (χ0v) is 42.1. The van der Waals surface area contributed by atoms with Crippen molar-refractivity contribution in [3.05, 3.63) is 134 Å². The van der Waals surface area contributed by atoms with Gasteiger partial charge in [0.1, 0.15) is 13.2 Å². The molecule has 0 aromatic carbocycles. The Hall–Kier alpha value is -4.45. The lowest BCUT2D eigenvalue weighted by Crippen LogP contribution is -2.30. The van der Waals surface area contributed by atoms with Crippen molar-refractivity contribution < 1.29 is 28.6 Å². The molecule has 0 aromatic rings. The Morgan fingerprint density at radius 2 is 0.621 bits per heavy atom. The molecule has 0 aliphatic heterocycles. The first kappa shape index (κ1) is 61.5. The molecule has 0 saturated carbocycles. The minimum Gasteiger partial charge on any atom is -0.462 e. The van der Waals surface area contributed by atoms with Gasteiger partial charge in [-0.2, -0.15) is 0 Å². The van der Waals surface area contributed by atoms with Crippen LogP contribution in [0.5, 0.6) is 0 Å². The van der Waals surface area contributed by atoms with Gasteiger partial charge in [0.25, 0.3) is 0 Å². The molecule has 0 fully saturated rings. The highest BCUT2D eigenvalue weighted by Crippen LogP contribution is 2.13. The van der Waals surface area contributed by atoms with Gasteiger partial charge in [0.15, 0.2) is 6.10 Å². The Bertz CT molecular complexity index is 1460. The molecule has 1 atom stereocenters. The lowest BCUT2D eigenvalue weighted by Gasteiger charge is -2.18. The van der Waals surface area contributed by atoms with Crippen molar-refractivity contribution in [3.63, 3.8) is 0 Å². The van der Waals surface area contributed by atoms with Gasteiger partial charge in [-0.05, 0) is 103 Å². The number of rotatable bonds is 45. The number of ether oxygens (including phenoxy) is 3. The van der Waals surface area contributed by atoms with Gasteiger partial charge in [-0.25, -0.2) is 0 Å². The largest absolute Gasteiger partial charge is 0.462 e. The summed E-state index contributed by atoms with van der Waals surface area (Å²) < 4.78 is 16.7. The Labute approximate surface area is 405 Å². The molecule has 0 bridgehead atoms. The predicted octanol–water partition coefficient (Wildman–Crippen LogP) is 17.5. The monoisotopic (exact) mass is 911 g/mol. The molecule has 0 aliphatic rings. The molecule has 0 spiro atoms. The first-order chi connectivity index (χ1) is 32.5. The zero-order valence-electron chi connectivity index (χ0n) is 42.1. The van der Waals surface area contributed by atoms with Crippen LogP contribution in [0.25, 0.3) is 0 Å². The quantitative estimate of drug-likeness (QED) is 0.0262. The van der Waals surface area contributed by atoms with Gasteiger partial charge >= 0.3 is 17.9 Å². The summed E-state index contributed by atoms with van der Waals surface area (Å²) in [6.07, 6.45) is 74.5. The first-order valence-electron chi connectivity index (χ1n) is 26.2. The van der Waals surface area contributed by atoms with Gasteiger partial charge in [-0.1, -0.05) is 219 Å². The number of unbranched alkanes of at least 4 members (excludes halogenated alkanes) is 12. The van der Waals surface area contributed by atoms with Crippen molar-refractivity contribution >= 4 is 17.9 Å². The third-order valence-electron chi connectivity index (χ3n) is 10.4. The molecule has 0 radical (unpaired) electrons. The van der Waals surface area contributed by atoms with Crippen LogP contribution in [0, 0.1) is 0 Å². The number of allylic oxidation sites excluding steroid dienone is 22. The van der Waals surface area contributed by atoms with Crippen LogP contribution in [0.1, 0.15) is 207 Å². The number of esters is 3. The molecular formula is C60H94O6. The topological polar surface area (TPSA) is 78.9 Å². The molecule has 0 aliphatic carbocycles. The van der Waals surface area contributed by atoms with Gasteiger partial charge in [0.05, 0.1) is 0 Å². The molecule has 0 heterocycles. The molecule has 66 heavy (non-hydrogen) atoms. The average Bonchev–Trinajstić information content (AvgIpc) is 3.31. The van der Waals surface area contributed by atoms with Crippen molar-refractivity contribution in [2.24, 2.45) is 0 Å². The Kier molecular flexibility index (Phi) is 49.6. The van der Waals surface area contributed by atoms with Crippen LogP contribution in [0.4, 0.5) is 0 Å². The van der Waals surface area contributed by atoms with E-state index >= 15 is 0 Å². The predicted molar refractivity (Wildman–Crippen MR) is 283 cm³/mol. The molecule has 0 amide bonds. The molecule has 6 nitrogen and oxygen atoms in total. The molecular weight excluding hydrogens is 817 g/mol.